The Morgan fingerprint density at radius 1 is 0.812 bits per heavy atom. The molecule has 0 fully saturated rings. The summed E-state index contributed by atoms with van der Waals surface area (Å²) in [5.41, 5.74) is 8.67. The van der Waals surface area contributed by atoms with E-state index in [0.717, 1.165) is 0 Å². The van der Waals surface area contributed by atoms with Crippen LogP contribution in [0, 0.1) is 0 Å². The highest BCUT2D eigenvalue weighted by molar-refractivity contribution is 5.91. The van der Waals surface area contributed by atoms with Crippen molar-refractivity contribution in [1.82, 2.24) is 0 Å². The zero-order valence-corrected chi connectivity index (χ0v) is 8.08. The van der Waals surface area contributed by atoms with E-state index < -0.39 is 18.0 Å². The molecule has 0 bridgehead atoms. The molecular formula is C9H10N2O5. The lowest BCUT2D eigenvalue weighted by molar-refractivity contribution is 0.0681. The van der Waals surface area contributed by atoms with Gasteiger partial charge >= 0.3 is 18.0 Å². The number of hydrogen-bond acceptors (Lipinski definition) is 3. The molecule has 0 heterocycles. The van der Waals surface area contributed by atoms with Gasteiger partial charge in [-0.25, -0.2) is 14.4 Å². The minimum atomic E-state index is -1.06. The van der Waals surface area contributed by atoms with E-state index in [1.807, 2.05) is 0 Å². The van der Waals surface area contributed by atoms with Gasteiger partial charge in [-0.2, -0.15) is 0 Å². The molecule has 2 amide bonds. The number of carbonyl (C=O) groups is 3. The van der Waals surface area contributed by atoms with E-state index in [2.05, 4.69) is 11.5 Å². The minimum absolute atomic E-state index is 0.0833. The van der Waals surface area contributed by atoms with Gasteiger partial charge in [-0.1, -0.05) is 0 Å². The molecule has 0 aliphatic carbocycles. The van der Waals surface area contributed by atoms with Gasteiger partial charge in [0.05, 0.1) is 11.1 Å². The Bertz CT molecular complexity index is 362. The van der Waals surface area contributed by atoms with E-state index >= 15 is 0 Å². The molecule has 86 valence electrons. The van der Waals surface area contributed by atoms with Crippen LogP contribution in [0.3, 0.4) is 0 Å². The highest BCUT2D eigenvalue weighted by Crippen LogP contribution is 2.03. The van der Waals surface area contributed by atoms with Crippen molar-refractivity contribution in [1.29, 1.82) is 0 Å². The van der Waals surface area contributed by atoms with Crippen molar-refractivity contribution in [2.75, 3.05) is 0 Å². The third-order valence-corrected chi connectivity index (χ3v) is 1.38. The fourth-order valence-electron chi connectivity index (χ4n) is 0.755. The SMILES string of the molecule is NC(N)=O.O=C(O)c1ccc(C(=O)O)cc1. The van der Waals surface area contributed by atoms with Crippen molar-refractivity contribution >= 4 is 18.0 Å². The van der Waals surface area contributed by atoms with Gasteiger partial charge in [0.15, 0.2) is 0 Å². The Kier molecular flexibility index (Phi) is 5.05. The maximum absolute atomic E-state index is 10.3. The molecular weight excluding hydrogens is 216 g/mol. The number of aromatic carboxylic acids is 2. The van der Waals surface area contributed by atoms with E-state index in [1.165, 1.54) is 24.3 Å². The number of amides is 2. The molecule has 1 aromatic rings. The van der Waals surface area contributed by atoms with E-state index in [1.54, 1.807) is 0 Å². The number of primary amides is 2. The average molecular weight is 226 g/mol. The molecule has 0 aliphatic heterocycles. The van der Waals surface area contributed by atoms with Crippen molar-refractivity contribution < 1.29 is 24.6 Å². The summed E-state index contributed by atoms with van der Waals surface area (Å²) in [6.45, 7) is 0. The van der Waals surface area contributed by atoms with Gasteiger partial charge in [-0.05, 0) is 24.3 Å². The molecule has 0 atom stereocenters. The summed E-state index contributed by atoms with van der Waals surface area (Å²) >= 11 is 0. The molecule has 0 aromatic heterocycles. The second-order valence-electron chi connectivity index (χ2n) is 2.59. The maximum atomic E-state index is 10.3. The summed E-state index contributed by atoms with van der Waals surface area (Å²) in [5, 5.41) is 16.9. The molecule has 1 aromatic carbocycles. The van der Waals surface area contributed by atoms with Gasteiger partial charge < -0.3 is 21.7 Å². The van der Waals surface area contributed by atoms with Crippen molar-refractivity contribution in [3.05, 3.63) is 35.4 Å². The van der Waals surface area contributed by atoms with E-state index in [9.17, 15) is 9.59 Å². The molecule has 7 heteroatoms. The van der Waals surface area contributed by atoms with Crippen molar-refractivity contribution in [2.24, 2.45) is 11.5 Å². The maximum Gasteiger partial charge on any atom is 0.335 e. The number of carbonyl (C=O) groups excluding carboxylic acids is 1. The standard InChI is InChI=1S/C8H6O4.CH4N2O/c9-7(10)5-1-2-6(4-3-5)8(11)12;2-1(3)4/h1-4H,(H,9,10)(H,11,12);(H4,2,3,4). The number of urea groups is 1. The van der Waals surface area contributed by atoms with Crippen molar-refractivity contribution in [2.45, 2.75) is 0 Å². The van der Waals surface area contributed by atoms with Crippen LogP contribution in [0.4, 0.5) is 4.79 Å². The number of rotatable bonds is 2. The lowest BCUT2D eigenvalue weighted by atomic mass is 10.1. The number of carboxylic acids is 2. The lowest BCUT2D eigenvalue weighted by Crippen LogP contribution is -2.18. The topological polar surface area (TPSA) is 144 Å². The minimum Gasteiger partial charge on any atom is -0.478 e. The third-order valence-electron chi connectivity index (χ3n) is 1.38. The Morgan fingerprint density at radius 3 is 1.12 bits per heavy atom. The Balaban J connectivity index is 0.000000487. The molecule has 0 radical (unpaired) electrons. The predicted octanol–water partition coefficient (Wildman–Crippen LogP) is 0.107. The number of hydrogen-bond donors (Lipinski definition) is 4. The fourth-order valence-corrected chi connectivity index (χ4v) is 0.755. The van der Waals surface area contributed by atoms with Crippen molar-refractivity contribution in [3.63, 3.8) is 0 Å². The molecule has 6 N–H and O–H groups in total. The third kappa shape index (κ3) is 5.22. The van der Waals surface area contributed by atoms with Gasteiger partial charge in [0, 0.05) is 0 Å². The van der Waals surface area contributed by atoms with E-state index in [4.69, 9.17) is 15.0 Å². The Morgan fingerprint density at radius 2 is 1.00 bits per heavy atom. The second kappa shape index (κ2) is 6.02. The van der Waals surface area contributed by atoms with Gasteiger partial charge in [0.1, 0.15) is 0 Å². The van der Waals surface area contributed by atoms with E-state index in [0.29, 0.717) is 0 Å². The van der Waals surface area contributed by atoms with Crippen LogP contribution >= 0.6 is 0 Å². The predicted molar refractivity (Wildman–Crippen MR) is 54.1 cm³/mol. The van der Waals surface area contributed by atoms with Crippen LogP contribution in [-0.4, -0.2) is 28.2 Å². The first-order valence-corrected chi connectivity index (χ1v) is 3.96. The molecule has 0 spiro atoms. The number of carboxylic acid groups (broad SMARTS) is 2. The zero-order valence-electron chi connectivity index (χ0n) is 8.08. The summed E-state index contributed by atoms with van der Waals surface area (Å²) in [4.78, 5) is 29.7. The van der Waals surface area contributed by atoms with Crippen LogP contribution in [0.25, 0.3) is 0 Å². The first kappa shape index (κ1) is 13.4. The van der Waals surface area contributed by atoms with Gasteiger partial charge in [0.2, 0.25) is 0 Å². The first-order chi connectivity index (χ1) is 7.34. The number of benzene rings is 1. The van der Waals surface area contributed by atoms with Gasteiger partial charge in [-0.15, -0.1) is 0 Å². The quantitative estimate of drug-likeness (QED) is 0.565. The van der Waals surface area contributed by atoms with Crippen LogP contribution in [0.5, 0.6) is 0 Å². The number of nitrogens with two attached hydrogens (primary N) is 2. The molecule has 0 saturated carbocycles. The summed E-state index contributed by atoms with van der Waals surface area (Å²) in [5.74, 6) is -2.13. The van der Waals surface area contributed by atoms with Crippen LogP contribution in [-0.2, 0) is 0 Å². The van der Waals surface area contributed by atoms with Crippen LogP contribution in [0.1, 0.15) is 20.7 Å². The fraction of sp³-hybridized carbons (Fsp3) is 0. The van der Waals surface area contributed by atoms with Crippen LogP contribution in [0.2, 0.25) is 0 Å². The highest BCUT2D eigenvalue weighted by atomic mass is 16.4. The van der Waals surface area contributed by atoms with Gasteiger partial charge in [-0.3, -0.25) is 0 Å². The smallest absolute Gasteiger partial charge is 0.335 e. The normalized spacial score (nSPS) is 8.50. The van der Waals surface area contributed by atoms with Crippen molar-refractivity contribution in [3.8, 4) is 0 Å². The molecule has 7 nitrogen and oxygen atoms in total. The molecule has 1 rings (SSSR count). The van der Waals surface area contributed by atoms with Crippen LogP contribution < -0.4 is 11.5 Å². The monoisotopic (exact) mass is 226 g/mol. The average Bonchev–Trinajstić information content (AvgIpc) is 2.17. The Labute approximate surface area is 90.3 Å². The summed E-state index contributed by atoms with van der Waals surface area (Å²) in [6, 6.07) is 4.19. The lowest BCUT2D eigenvalue weighted by Gasteiger charge is -1.94. The molecule has 16 heavy (non-hydrogen) atoms. The second-order valence-corrected chi connectivity index (χ2v) is 2.59. The summed E-state index contributed by atoms with van der Waals surface area (Å²) in [7, 11) is 0. The largest absolute Gasteiger partial charge is 0.478 e. The molecule has 0 saturated heterocycles. The highest BCUT2D eigenvalue weighted by Gasteiger charge is 2.04. The molecule has 0 unspecified atom stereocenters. The van der Waals surface area contributed by atoms with Gasteiger partial charge in [0.25, 0.3) is 0 Å². The summed E-state index contributed by atoms with van der Waals surface area (Å²) < 4.78 is 0. The van der Waals surface area contributed by atoms with Crippen LogP contribution in [0.15, 0.2) is 24.3 Å². The first-order valence-electron chi connectivity index (χ1n) is 3.96. The summed E-state index contributed by atoms with van der Waals surface area (Å²) in [6.07, 6.45) is 0. The zero-order chi connectivity index (χ0) is 12.7. The Hall–Kier alpha value is -2.57. The molecule has 0 aliphatic rings. The van der Waals surface area contributed by atoms with E-state index in [-0.39, 0.29) is 11.1 Å².